The topological polar surface area (TPSA) is 74.0 Å². The van der Waals surface area contributed by atoms with Gasteiger partial charge in [-0.05, 0) is 44.2 Å². The number of nitrogens with zero attached hydrogens (tertiary/aromatic N) is 4. The summed E-state index contributed by atoms with van der Waals surface area (Å²) in [5, 5.41) is 13.3. The molecule has 0 saturated heterocycles. The number of thiophene rings is 1. The Morgan fingerprint density at radius 1 is 1.03 bits per heavy atom. The molecule has 3 aromatic heterocycles. The zero-order chi connectivity index (χ0) is 23.1. The molecule has 1 amide bonds. The molecule has 0 aliphatic heterocycles. The number of fused-ring (bicyclic) bond motifs is 1. The number of amides is 1. The van der Waals surface area contributed by atoms with E-state index < -0.39 is 0 Å². The van der Waals surface area contributed by atoms with E-state index in [0.717, 1.165) is 38.5 Å². The first-order valence-corrected chi connectivity index (χ1v) is 11.3. The van der Waals surface area contributed by atoms with Gasteiger partial charge in [0.15, 0.2) is 0 Å². The second-order valence-electron chi connectivity index (χ2n) is 7.86. The van der Waals surface area contributed by atoms with Gasteiger partial charge in [0, 0.05) is 24.1 Å². The number of para-hydroxylation sites is 1. The van der Waals surface area contributed by atoms with Crippen LogP contribution < -0.4 is 10.1 Å². The van der Waals surface area contributed by atoms with E-state index in [1.807, 2.05) is 86.2 Å². The lowest BCUT2D eigenvalue weighted by molar-refractivity contribution is 0.103. The largest absolute Gasteiger partial charge is 0.496 e. The van der Waals surface area contributed by atoms with Crippen molar-refractivity contribution >= 4 is 33.3 Å². The molecule has 33 heavy (non-hydrogen) atoms. The van der Waals surface area contributed by atoms with E-state index in [1.165, 1.54) is 11.3 Å². The van der Waals surface area contributed by atoms with Crippen LogP contribution in [0, 0.1) is 13.8 Å². The van der Waals surface area contributed by atoms with E-state index in [-0.39, 0.29) is 5.91 Å². The summed E-state index contributed by atoms with van der Waals surface area (Å²) in [6.07, 6.45) is 0. The van der Waals surface area contributed by atoms with Crippen LogP contribution in [0.25, 0.3) is 27.2 Å². The minimum absolute atomic E-state index is 0.185. The molecule has 0 radical (unpaired) electrons. The molecular weight excluding hydrogens is 434 g/mol. The summed E-state index contributed by atoms with van der Waals surface area (Å²) >= 11 is 1.42. The number of methoxy groups -OCH3 is 1. The van der Waals surface area contributed by atoms with Crippen LogP contribution in [0.15, 0.2) is 60.7 Å². The Hall–Kier alpha value is -3.91. The number of hydrogen-bond donors (Lipinski definition) is 1. The summed E-state index contributed by atoms with van der Waals surface area (Å²) in [5.41, 5.74) is 4.47. The summed E-state index contributed by atoms with van der Waals surface area (Å²) in [6.45, 7) is 3.98. The molecule has 0 spiro atoms. The first kappa shape index (κ1) is 21.0. The number of nitrogens with one attached hydrogen (secondary N) is 1. The Morgan fingerprint density at radius 2 is 1.79 bits per heavy atom. The van der Waals surface area contributed by atoms with Gasteiger partial charge in [-0.25, -0.2) is 4.68 Å². The fourth-order valence-electron chi connectivity index (χ4n) is 3.84. The Morgan fingerprint density at radius 3 is 2.52 bits per heavy atom. The number of benzene rings is 2. The van der Waals surface area contributed by atoms with Crippen molar-refractivity contribution in [2.45, 2.75) is 13.8 Å². The van der Waals surface area contributed by atoms with Crippen molar-refractivity contribution in [3.05, 3.63) is 76.8 Å². The molecule has 0 saturated carbocycles. The van der Waals surface area contributed by atoms with Crippen molar-refractivity contribution < 1.29 is 9.53 Å². The number of ether oxygens (including phenoxy) is 1. The Balaban J connectivity index is 1.57. The monoisotopic (exact) mass is 457 g/mol. The summed E-state index contributed by atoms with van der Waals surface area (Å²) in [4.78, 5) is 14.8. The number of hydrogen-bond acceptors (Lipinski definition) is 5. The van der Waals surface area contributed by atoms with E-state index in [1.54, 1.807) is 11.8 Å². The van der Waals surface area contributed by atoms with Crippen molar-refractivity contribution in [1.29, 1.82) is 0 Å². The van der Waals surface area contributed by atoms with Crippen LogP contribution >= 0.6 is 11.3 Å². The molecule has 8 heteroatoms. The highest BCUT2D eigenvalue weighted by Gasteiger charge is 2.19. The number of carbonyl (C=O) groups is 1. The maximum atomic E-state index is 13.2. The molecule has 5 rings (SSSR count). The molecule has 166 valence electrons. The number of anilines is 1. The van der Waals surface area contributed by atoms with Gasteiger partial charge in [0.1, 0.15) is 16.4 Å². The molecule has 5 aromatic rings. The first-order valence-electron chi connectivity index (χ1n) is 10.5. The van der Waals surface area contributed by atoms with Crippen molar-refractivity contribution in [2.75, 3.05) is 12.4 Å². The van der Waals surface area contributed by atoms with Crippen molar-refractivity contribution in [3.8, 4) is 22.7 Å². The van der Waals surface area contributed by atoms with E-state index in [4.69, 9.17) is 9.84 Å². The number of rotatable bonds is 5. The average molecular weight is 458 g/mol. The normalized spacial score (nSPS) is 11.2. The van der Waals surface area contributed by atoms with E-state index >= 15 is 0 Å². The van der Waals surface area contributed by atoms with Gasteiger partial charge in [-0.1, -0.05) is 29.8 Å². The smallest absolute Gasteiger partial charge is 0.266 e. The van der Waals surface area contributed by atoms with Gasteiger partial charge in [-0.3, -0.25) is 9.48 Å². The molecule has 1 N–H and O–H groups in total. The molecule has 0 unspecified atom stereocenters. The van der Waals surface area contributed by atoms with E-state index in [0.29, 0.717) is 16.4 Å². The molecule has 7 nitrogen and oxygen atoms in total. The minimum Gasteiger partial charge on any atom is -0.496 e. The Labute approximate surface area is 195 Å². The lowest BCUT2D eigenvalue weighted by atomic mass is 10.1. The van der Waals surface area contributed by atoms with Crippen LogP contribution in [-0.2, 0) is 7.05 Å². The third kappa shape index (κ3) is 3.78. The molecule has 0 fully saturated rings. The van der Waals surface area contributed by atoms with Gasteiger partial charge in [0.2, 0.25) is 0 Å². The van der Waals surface area contributed by atoms with Gasteiger partial charge in [0.25, 0.3) is 5.91 Å². The maximum absolute atomic E-state index is 13.2. The van der Waals surface area contributed by atoms with Gasteiger partial charge < -0.3 is 10.1 Å². The number of carbonyl (C=O) groups excluding carboxylic acids is 1. The predicted octanol–water partition coefficient (Wildman–Crippen LogP) is 5.37. The minimum atomic E-state index is -0.185. The summed E-state index contributed by atoms with van der Waals surface area (Å²) in [5.74, 6) is 1.11. The van der Waals surface area contributed by atoms with Crippen molar-refractivity contribution in [1.82, 2.24) is 19.6 Å². The third-order valence-corrected chi connectivity index (χ3v) is 6.73. The van der Waals surface area contributed by atoms with E-state index in [9.17, 15) is 4.79 Å². The number of aryl methyl sites for hydroxylation is 3. The molecule has 0 aliphatic carbocycles. The summed E-state index contributed by atoms with van der Waals surface area (Å²) < 4.78 is 9.08. The second-order valence-corrected chi connectivity index (χ2v) is 8.89. The fraction of sp³-hybridized carbons (Fsp3) is 0.160. The zero-order valence-electron chi connectivity index (χ0n) is 18.8. The van der Waals surface area contributed by atoms with Gasteiger partial charge in [-0.2, -0.15) is 10.2 Å². The van der Waals surface area contributed by atoms with Gasteiger partial charge in [0.05, 0.1) is 29.1 Å². The lowest BCUT2D eigenvalue weighted by Crippen LogP contribution is -2.14. The van der Waals surface area contributed by atoms with Crippen LogP contribution in [0.5, 0.6) is 5.75 Å². The van der Waals surface area contributed by atoms with Crippen LogP contribution in [-0.4, -0.2) is 32.6 Å². The standard InChI is InChI=1S/C25H23N5O2S/c1-15-9-11-17(12-10-15)30-23(14-20(28-30)18-7-5-6-8-21(18)32-4)26-24(31)22-13-19-16(2)27-29(3)25(19)33-22/h5-14H,1-4H3,(H,26,31). The summed E-state index contributed by atoms with van der Waals surface area (Å²) in [7, 11) is 3.52. The molecule has 0 atom stereocenters. The molecule has 0 aliphatic rings. The SMILES string of the molecule is COc1ccccc1-c1cc(NC(=O)c2cc3c(C)nn(C)c3s2)n(-c2ccc(C)cc2)n1. The van der Waals surface area contributed by atoms with Crippen molar-refractivity contribution in [3.63, 3.8) is 0 Å². The van der Waals surface area contributed by atoms with Gasteiger partial charge in [-0.15, -0.1) is 11.3 Å². The predicted molar refractivity (Wildman–Crippen MR) is 132 cm³/mol. The third-order valence-electron chi connectivity index (χ3n) is 5.53. The van der Waals surface area contributed by atoms with Gasteiger partial charge >= 0.3 is 0 Å². The maximum Gasteiger partial charge on any atom is 0.266 e. The molecule has 3 heterocycles. The Bertz CT molecular complexity index is 1440. The quantitative estimate of drug-likeness (QED) is 0.385. The molecular formula is C25H23N5O2S. The van der Waals surface area contributed by atoms with Crippen LogP contribution in [0.4, 0.5) is 5.82 Å². The second kappa shape index (κ2) is 8.22. The van der Waals surface area contributed by atoms with Crippen LogP contribution in [0.1, 0.15) is 20.9 Å². The highest BCUT2D eigenvalue weighted by Crippen LogP contribution is 2.33. The van der Waals surface area contributed by atoms with Crippen molar-refractivity contribution in [2.24, 2.45) is 7.05 Å². The Kier molecular flexibility index (Phi) is 5.22. The average Bonchev–Trinajstić information content (AvgIpc) is 3.50. The number of aromatic nitrogens is 4. The van der Waals surface area contributed by atoms with Crippen LogP contribution in [0.3, 0.4) is 0 Å². The first-order chi connectivity index (χ1) is 15.9. The highest BCUT2D eigenvalue weighted by molar-refractivity contribution is 7.20. The summed E-state index contributed by atoms with van der Waals surface area (Å²) in [6, 6.07) is 19.5. The van der Waals surface area contributed by atoms with E-state index in [2.05, 4.69) is 10.4 Å². The molecule has 2 aromatic carbocycles. The zero-order valence-corrected chi connectivity index (χ0v) is 19.6. The molecule has 0 bridgehead atoms. The highest BCUT2D eigenvalue weighted by atomic mass is 32.1. The van der Waals surface area contributed by atoms with Crippen LogP contribution in [0.2, 0.25) is 0 Å². The lowest BCUT2D eigenvalue weighted by Gasteiger charge is -2.08. The fourth-order valence-corrected chi connectivity index (χ4v) is 4.85.